The topological polar surface area (TPSA) is 84.1 Å². The van der Waals surface area contributed by atoms with Gasteiger partial charge in [0.2, 0.25) is 5.89 Å². The first-order valence-corrected chi connectivity index (χ1v) is 9.27. The molecule has 0 radical (unpaired) electrons. The number of pyridine rings is 1. The van der Waals surface area contributed by atoms with E-state index >= 15 is 0 Å². The predicted octanol–water partition coefficient (Wildman–Crippen LogP) is 2.11. The van der Waals surface area contributed by atoms with E-state index in [4.69, 9.17) is 9.51 Å². The van der Waals surface area contributed by atoms with Gasteiger partial charge in [0.05, 0.1) is 6.54 Å². The highest BCUT2D eigenvalue weighted by Crippen LogP contribution is 2.20. The lowest BCUT2D eigenvalue weighted by atomic mass is 10.2. The van der Waals surface area contributed by atoms with Crippen molar-refractivity contribution >= 4 is 5.82 Å². The minimum atomic E-state index is 0.610. The maximum absolute atomic E-state index is 5.06. The first-order valence-electron chi connectivity index (χ1n) is 9.27. The molecule has 0 amide bonds. The zero-order valence-corrected chi connectivity index (χ0v) is 15.7. The molecule has 8 nitrogen and oxygen atoms in total. The standard InChI is InChI=1S/C19H23N7O/c1-3-15-12-18(23-19(22-15)16-6-4-5-7-20-16)26-10-8-25(9-11-26)13-17-21-14(2)27-24-17/h4-7,12H,3,8-11,13H2,1-2H3. The summed E-state index contributed by atoms with van der Waals surface area (Å²) in [7, 11) is 0. The van der Waals surface area contributed by atoms with Gasteiger partial charge in [-0.25, -0.2) is 9.97 Å². The van der Waals surface area contributed by atoms with Crippen molar-refractivity contribution in [3.8, 4) is 11.5 Å². The fourth-order valence-electron chi connectivity index (χ4n) is 3.18. The molecule has 0 aromatic carbocycles. The van der Waals surface area contributed by atoms with Gasteiger partial charge in [-0.15, -0.1) is 0 Å². The lowest BCUT2D eigenvalue weighted by molar-refractivity contribution is 0.239. The van der Waals surface area contributed by atoms with E-state index in [1.165, 1.54) is 0 Å². The number of hydrogen-bond donors (Lipinski definition) is 0. The third kappa shape index (κ3) is 4.11. The van der Waals surface area contributed by atoms with E-state index in [2.05, 4.69) is 42.9 Å². The largest absolute Gasteiger partial charge is 0.354 e. The van der Waals surface area contributed by atoms with Crippen molar-refractivity contribution in [3.05, 3.63) is 47.9 Å². The molecule has 140 valence electrons. The summed E-state index contributed by atoms with van der Waals surface area (Å²) in [5, 5.41) is 3.99. The molecular weight excluding hydrogens is 342 g/mol. The summed E-state index contributed by atoms with van der Waals surface area (Å²) >= 11 is 0. The number of nitrogens with zero attached hydrogens (tertiary/aromatic N) is 7. The minimum absolute atomic E-state index is 0.610. The molecule has 0 spiro atoms. The maximum Gasteiger partial charge on any atom is 0.223 e. The summed E-state index contributed by atoms with van der Waals surface area (Å²) in [6, 6.07) is 7.90. The van der Waals surface area contributed by atoms with Crippen molar-refractivity contribution in [2.24, 2.45) is 0 Å². The fourth-order valence-corrected chi connectivity index (χ4v) is 3.18. The number of aromatic nitrogens is 5. The van der Waals surface area contributed by atoms with E-state index in [-0.39, 0.29) is 0 Å². The Morgan fingerprint density at radius 1 is 1.07 bits per heavy atom. The summed E-state index contributed by atoms with van der Waals surface area (Å²) in [5.74, 6) is 3.01. The Bertz CT molecular complexity index is 888. The molecule has 3 aromatic rings. The van der Waals surface area contributed by atoms with Gasteiger partial charge in [-0.2, -0.15) is 4.98 Å². The molecule has 1 saturated heterocycles. The maximum atomic E-state index is 5.06. The Hall–Kier alpha value is -2.87. The van der Waals surface area contributed by atoms with E-state index < -0.39 is 0 Å². The van der Waals surface area contributed by atoms with Crippen LogP contribution in [-0.4, -0.2) is 56.2 Å². The smallest absolute Gasteiger partial charge is 0.223 e. The van der Waals surface area contributed by atoms with Crippen LogP contribution in [0, 0.1) is 6.92 Å². The van der Waals surface area contributed by atoms with Crippen LogP contribution in [0.25, 0.3) is 11.5 Å². The molecule has 0 N–H and O–H groups in total. The highest BCUT2D eigenvalue weighted by atomic mass is 16.5. The summed E-state index contributed by atoms with van der Waals surface area (Å²) < 4.78 is 5.06. The van der Waals surface area contributed by atoms with Gasteiger partial charge in [-0.1, -0.05) is 18.1 Å². The van der Waals surface area contributed by atoms with Gasteiger partial charge in [0, 0.05) is 51.1 Å². The van der Waals surface area contributed by atoms with Crippen molar-refractivity contribution < 1.29 is 4.52 Å². The molecule has 1 fully saturated rings. The van der Waals surface area contributed by atoms with Gasteiger partial charge in [0.1, 0.15) is 11.5 Å². The molecule has 0 atom stereocenters. The molecule has 3 aromatic heterocycles. The van der Waals surface area contributed by atoms with Crippen LogP contribution < -0.4 is 4.90 Å². The molecule has 0 aliphatic carbocycles. The van der Waals surface area contributed by atoms with E-state index in [1.54, 1.807) is 6.20 Å². The van der Waals surface area contributed by atoms with Crippen LogP contribution in [0.2, 0.25) is 0 Å². The molecule has 4 heterocycles. The highest BCUT2D eigenvalue weighted by Gasteiger charge is 2.21. The monoisotopic (exact) mass is 365 g/mol. The molecule has 0 saturated carbocycles. The molecule has 0 bridgehead atoms. The van der Waals surface area contributed by atoms with Crippen LogP contribution in [0.4, 0.5) is 5.82 Å². The van der Waals surface area contributed by atoms with Crippen molar-refractivity contribution in [1.29, 1.82) is 0 Å². The molecule has 27 heavy (non-hydrogen) atoms. The number of hydrogen-bond acceptors (Lipinski definition) is 8. The Kier molecular flexibility index (Phi) is 5.06. The fraction of sp³-hybridized carbons (Fsp3) is 0.421. The second-order valence-corrected chi connectivity index (χ2v) is 6.60. The second kappa shape index (κ2) is 7.79. The van der Waals surface area contributed by atoms with Gasteiger partial charge in [-0.3, -0.25) is 9.88 Å². The highest BCUT2D eigenvalue weighted by molar-refractivity contribution is 5.54. The molecule has 4 rings (SSSR count). The summed E-state index contributed by atoms with van der Waals surface area (Å²) in [4.78, 5) is 22.8. The predicted molar refractivity (Wildman–Crippen MR) is 101 cm³/mol. The molecular formula is C19H23N7O. The minimum Gasteiger partial charge on any atom is -0.354 e. The van der Waals surface area contributed by atoms with Gasteiger partial charge in [0.15, 0.2) is 11.6 Å². The molecule has 0 unspecified atom stereocenters. The summed E-state index contributed by atoms with van der Waals surface area (Å²) in [6.07, 6.45) is 2.64. The Balaban J connectivity index is 1.47. The van der Waals surface area contributed by atoms with Crippen LogP contribution in [0.3, 0.4) is 0 Å². The zero-order chi connectivity index (χ0) is 18.6. The van der Waals surface area contributed by atoms with Gasteiger partial charge in [0.25, 0.3) is 0 Å². The quantitative estimate of drug-likeness (QED) is 0.680. The molecule has 8 heteroatoms. The van der Waals surface area contributed by atoms with Gasteiger partial charge < -0.3 is 9.42 Å². The average molecular weight is 365 g/mol. The Labute approximate surface area is 158 Å². The van der Waals surface area contributed by atoms with Crippen molar-refractivity contribution in [1.82, 2.24) is 30.0 Å². The van der Waals surface area contributed by atoms with E-state index in [0.29, 0.717) is 18.3 Å². The van der Waals surface area contributed by atoms with Crippen molar-refractivity contribution in [3.63, 3.8) is 0 Å². The molecule has 1 aliphatic heterocycles. The lowest BCUT2D eigenvalue weighted by Crippen LogP contribution is -2.46. The summed E-state index contributed by atoms with van der Waals surface area (Å²) in [5.41, 5.74) is 1.84. The Morgan fingerprint density at radius 3 is 2.59 bits per heavy atom. The van der Waals surface area contributed by atoms with Crippen molar-refractivity contribution in [2.75, 3.05) is 31.1 Å². The van der Waals surface area contributed by atoms with Crippen LogP contribution in [-0.2, 0) is 13.0 Å². The lowest BCUT2D eigenvalue weighted by Gasteiger charge is -2.35. The Morgan fingerprint density at radius 2 is 1.93 bits per heavy atom. The van der Waals surface area contributed by atoms with Crippen LogP contribution in [0.5, 0.6) is 0 Å². The van der Waals surface area contributed by atoms with Crippen molar-refractivity contribution in [2.45, 2.75) is 26.8 Å². The first kappa shape index (κ1) is 17.5. The average Bonchev–Trinajstić information content (AvgIpc) is 3.13. The van der Waals surface area contributed by atoms with Crippen LogP contribution >= 0.6 is 0 Å². The van der Waals surface area contributed by atoms with E-state index in [0.717, 1.165) is 55.6 Å². The third-order valence-corrected chi connectivity index (χ3v) is 4.65. The summed E-state index contributed by atoms with van der Waals surface area (Å²) in [6.45, 7) is 8.30. The second-order valence-electron chi connectivity index (χ2n) is 6.60. The van der Waals surface area contributed by atoms with Gasteiger partial charge >= 0.3 is 0 Å². The van der Waals surface area contributed by atoms with Gasteiger partial charge in [-0.05, 0) is 18.6 Å². The van der Waals surface area contributed by atoms with E-state index in [1.807, 2.05) is 25.1 Å². The number of aryl methyl sites for hydroxylation is 2. The van der Waals surface area contributed by atoms with Crippen LogP contribution in [0.1, 0.15) is 24.3 Å². The van der Waals surface area contributed by atoms with E-state index in [9.17, 15) is 0 Å². The normalized spacial score (nSPS) is 15.3. The zero-order valence-electron chi connectivity index (χ0n) is 15.7. The SMILES string of the molecule is CCc1cc(N2CCN(Cc3noc(C)n3)CC2)nc(-c2ccccn2)n1. The third-order valence-electron chi connectivity index (χ3n) is 4.65. The number of rotatable bonds is 5. The number of anilines is 1. The molecule has 1 aliphatic rings. The first-order chi connectivity index (χ1) is 13.2. The number of piperazine rings is 1. The van der Waals surface area contributed by atoms with Crippen LogP contribution in [0.15, 0.2) is 35.0 Å².